The molecule has 2 N–H and O–H groups in total. The van der Waals surface area contributed by atoms with E-state index in [1.807, 2.05) is 16.5 Å². The standard InChI is InChI=1S/C15H25N5O2/c1-11-16-14-6-5-12(10-20(14)18-11)17-15(22)19-8-3-2-4-13(19)7-9-21/h12-13,21H,2-10H2,1H3,(H,17,22). The van der Waals surface area contributed by atoms with E-state index in [4.69, 9.17) is 0 Å². The number of nitrogens with one attached hydrogen (secondary N) is 1. The van der Waals surface area contributed by atoms with Crippen LogP contribution in [0.25, 0.3) is 0 Å². The van der Waals surface area contributed by atoms with Crippen LogP contribution in [0.5, 0.6) is 0 Å². The number of carbonyl (C=O) groups excluding carboxylic acids is 1. The summed E-state index contributed by atoms with van der Waals surface area (Å²) in [6, 6.07) is 0.285. The molecule has 2 amide bonds. The summed E-state index contributed by atoms with van der Waals surface area (Å²) in [5.41, 5.74) is 0. The largest absolute Gasteiger partial charge is 0.396 e. The molecule has 0 bridgehead atoms. The third-order valence-electron chi connectivity index (χ3n) is 4.64. The van der Waals surface area contributed by atoms with Crippen LogP contribution in [-0.4, -0.2) is 56.0 Å². The van der Waals surface area contributed by atoms with E-state index in [-0.39, 0.29) is 24.7 Å². The van der Waals surface area contributed by atoms with Crippen LogP contribution in [0, 0.1) is 6.92 Å². The maximum atomic E-state index is 12.6. The first kappa shape index (κ1) is 15.3. The van der Waals surface area contributed by atoms with Gasteiger partial charge in [-0.1, -0.05) is 0 Å². The Hall–Kier alpha value is -1.63. The molecule has 7 heteroatoms. The van der Waals surface area contributed by atoms with E-state index in [0.717, 1.165) is 50.3 Å². The first-order chi connectivity index (χ1) is 10.7. The third kappa shape index (κ3) is 3.24. The van der Waals surface area contributed by atoms with Gasteiger partial charge in [0, 0.05) is 25.6 Å². The number of aliphatic hydroxyl groups excluding tert-OH is 1. The van der Waals surface area contributed by atoms with Gasteiger partial charge in [-0.25, -0.2) is 14.5 Å². The number of aliphatic hydroxyl groups is 1. The Kier molecular flexibility index (Phi) is 4.61. The fourth-order valence-electron chi connectivity index (χ4n) is 3.53. The highest BCUT2D eigenvalue weighted by Crippen LogP contribution is 2.20. The van der Waals surface area contributed by atoms with Gasteiger partial charge in [-0.3, -0.25) is 0 Å². The van der Waals surface area contributed by atoms with Gasteiger partial charge in [-0.05, 0) is 39.0 Å². The Morgan fingerprint density at radius 1 is 1.41 bits per heavy atom. The smallest absolute Gasteiger partial charge is 0.317 e. The normalized spacial score (nSPS) is 24.9. The number of hydrogen-bond donors (Lipinski definition) is 2. The molecule has 2 aliphatic rings. The van der Waals surface area contributed by atoms with Crippen molar-refractivity contribution in [1.29, 1.82) is 0 Å². The minimum atomic E-state index is 0.00318. The molecule has 3 rings (SSSR count). The van der Waals surface area contributed by atoms with Crippen LogP contribution in [0.3, 0.4) is 0 Å². The SMILES string of the molecule is Cc1nc2n(n1)CC(NC(=O)N1CCCCC1CCO)CC2. The van der Waals surface area contributed by atoms with Crippen molar-refractivity contribution in [3.63, 3.8) is 0 Å². The van der Waals surface area contributed by atoms with Crippen LogP contribution in [0.15, 0.2) is 0 Å². The van der Waals surface area contributed by atoms with E-state index in [1.165, 1.54) is 0 Å². The molecule has 3 heterocycles. The van der Waals surface area contributed by atoms with Gasteiger partial charge in [-0.2, -0.15) is 5.10 Å². The highest BCUT2D eigenvalue weighted by Gasteiger charge is 2.29. The van der Waals surface area contributed by atoms with E-state index >= 15 is 0 Å². The van der Waals surface area contributed by atoms with Crippen molar-refractivity contribution in [2.75, 3.05) is 13.2 Å². The lowest BCUT2D eigenvalue weighted by Gasteiger charge is -2.37. The second-order valence-corrected chi connectivity index (χ2v) is 6.30. The number of fused-ring (bicyclic) bond motifs is 1. The molecular weight excluding hydrogens is 282 g/mol. The molecule has 7 nitrogen and oxygen atoms in total. The minimum absolute atomic E-state index is 0.00318. The summed E-state index contributed by atoms with van der Waals surface area (Å²) in [6.45, 7) is 3.52. The van der Waals surface area contributed by atoms with Crippen molar-refractivity contribution in [2.45, 2.75) is 64.1 Å². The van der Waals surface area contributed by atoms with Crippen molar-refractivity contribution in [2.24, 2.45) is 0 Å². The summed E-state index contributed by atoms with van der Waals surface area (Å²) in [6.07, 6.45) is 5.61. The summed E-state index contributed by atoms with van der Waals surface area (Å²) in [7, 11) is 0. The van der Waals surface area contributed by atoms with Gasteiger partial charge in [-0.15, -0.1) is 0 Å². The summed E-state index contributed by atoms with van der Waals surface area (Å²) in [5, 5.41) is 16.7. The Morgan fingerprint density at radius 3 is 3.09 bits per heavy atom. The third-order valence-corrected chi connectivity index (χ3v) is 4.64. The van der Waals surface area contributed by atoms with Crippen molar-refractivity contribution in [3.8, 4) is 0 Å². The van der Waals surface area contributed by atoms with E-state index < -0.39 is 0 Å². The summed E-state index contributed by atoms with van der Waals surface area (Å²) in [4.78, 5) is 18.9. The average Bonchev–Trinajstić information content (AvgIpc) is 2.87. The Labute approximate surface area is 130 Å². The van der Waals surface area contributed by atoms with Crippen molar-refractivity contribution < 1.29 is 9.90 Å². The number of carbonyl (C=O) groups is 1. The minimum Gasteiger partial charge on any atom is -0.396 e. The molecule has 0 aliphatic carbocycles. The zero-order chi connectivity index (χ0) is 15.5. The molecular formula is C15H25N5O2. The molecule has 2 unspecified atom stereocenters. The molecule has 1 aromatic rings. The van der Waals surface area contributed by atoms with E-state index in [2.05, 4.69) is 15.4 Å². The predicted octanol–water partition coefficient (Wildman–Crippen LogP) is 0.848. The molecule has 1 aromatic heterocycles. The van der Waals surface area contributed by atoms with E-state index in [0.29, 0.717) is 13.0 Å². The van der Waals surface area contributed by atoms with Crippen LogP contribution in [0.1, 0.15) is 43.8 Å². The monoisotopic (exact) mass is 307 g/mol. The number of amides is 2. The van der Waals surface area contributed by atoms with Crippen molar-refractivity contribution in [3.05, 3.63) is 11.6 Å². The molecule has 1 saturated heterocycles. The van der Waals surface area contributed by atoms with Gasteiger partial charge in [0.25, 0.3) is 0 Å². The van der Waals surface area contributed by atoms with E-state index in [9.17, 15) is 9.90 Å². The highest BCUT2D eigenvalue weighted by atomic mass is 16.3. The molecule has 2 atom stereocenters. The topological polar surface area (TPSA) is 83.3 Å². The Balaban J connectivity index is 1.59. The number of rotatable bonds is 3. The number of aromatic nitrogens is 3. The first-order valence-electron chi connectivity index (χ1n) is 8.25. The van der Waals surface area contributed by atoms with Gasteiger partial charge in [0.15, 0.2) is 0 Å². The molecule has 22 heavy (non-hydrogen) atoms. The average molecular weight is 307 g/mol. The zero-order valence-corrected chi connectivity index (χ0v) is 13.2. The lowest BCUT2D eigenvalue weighted by molar-refractivity contribution is 0.127. The van der Waals surface area contributed by atoms with Crippen molar-refractivity contribution in [1.82, 2.24) is 25.0 Å². The van der Waals surface area contributed by atoms with Gasteiger partial charge >= 0.3 is 6.03 Å². The Morgan fingerprint density at radius 2 is 2.27 bits per heavy atom. The van der Waals surface area contributed by atoms with Gasteiger partial charge < -0.3 is 15.3 Å². The molecule has 122 valence electrons. The van der Waals surface area contributed by atoms with Crippen LogP contribution in [0.4, 0.5) is 4.79 Å². The summed E-state index contributed by atoms with van der Waals surface area (Å²) < 4.78 is 1.91. The van der Waals surface area contributed by atoms with Crippen LogP contribution >= 0.6 is 0 Å². The van der Waals surface area contributed by atoms with Crippen LogP contribution in [0.2, 0.25) is 0 Å². The number of nitrogens with zero attached hydrogens (tertiary/aromatic N) is 4. The number of aryl methyl sites for hydroxylation is 2. The van der Waals surface area contributed by atoms with Gasteiger partial charge in [0.05, 0.1) is 12.6 Å². The molecule has 0 spiro atoms. The molecule has 0 saturated carbocycles. The summed E-state index contributed by atoms with van der Waals surface area (Å²) in [5.74, 6) is 1.81. The van der Waals surface area contributed by atoms with Crippen molar-refractivity contribution >= 4 is 6.03 Å². The fourth-order valence-corrected chi connectivity index (χ4v) is 3.53. The maximum absolute atomic E-state index is 12.6. The fraction of sp³-hybridized carbons (Fsp3) is 0.800. The van der Waals surface area contributed by atoms with Gasteiger partial charge in [0.2, 0.25) is 0 Å². The number of urea groups is 1. The lowest BCUT2D eigenvalue weighted by Crippen LogP contribution is -2.53. The predicted molar refractivity (Wildman–Crippen MR) is 81.4 cm³/mol. The number of piperidine rings is 1. The second kappa shape index (κ2) is 6.64. The van der Waals surface area contributed by atoms with Crippen LogP contribution < -0.4 is 5.32 Å². The van der Waals surface area contributed by atoms with Crippen LogP contribution in [-0.2, 0) is 13.0 Å². The molecule has 2 aliphatic heterocycles. The second-order valence-electron chi connectivity index (χ2n) is 6.30. The molecule has 1 fully saturated rings. The lowest BCUT2D eigenvalue weighted by atomic mass is 10.00. The quantitative estimate of drug-likeness (QED) is 0.867. The van der Waals surface area contributed by atoms with E-state index in [1.54, 1.807) is 0 Å². The number of hydrogen-bond acceptors (Lipinski definition) is 4. The zero-order valence-electron chi connectivity index (χ0n) is 13.2. The Bertz CT molecular complexity index is 528. The highest BCUT2D eigenvalue weighted by molar-refractivity contribution is 5.75. The van der Waals surface area contributed by atoms with Gasteiger partial charge in [0.1, 0.15) is 11.6 Å². The molecule has 0 aromatic carbocycles. The number of likely N-dealkylation sites (tertiary alicyclic amines) is 1. The first-order valence-corrected chi connectivity index (χ1v) is 8.25. The molecule has 0 radical (unpaired) electrons. The summed E-state index contributed by atoms with van der Waals surface area (Å²) >= 11 is 0. The maximum Gasteiger partial charge on any atom is 0.317 e.